The van der Waals surface area contributed by atoms with Gasteiger partial charge < -0.3 is 14.6 Å². The molecule has 1 aliphatic rings. The van der Waals surface area contributed by atoms with E-state index in [0.29, 0.717) is 29.3 Å². The summed E-state index contributed by atoms with van der Waals surface area (Å²) in [5.41, 5.74) is 3.64. The van der Waals surface area contributed by atoms with Crippen molar-refractivity contribution < 1.29 is 14.3 Å². The minimum atomic E-state index is -0.337. The van der Waals surface area contributed by atoms with E-state index in [0.717, 1.165) is 41.0 Å². The molecule has 0 atom stereocenters. The number of hydrogen-bond acceptors (Lipinski definition) is 6. The van der Waals surface area contributed by atoms with E-state index in [9.17, 15) is 9.59 Å². The lowest BCUT2D eigenvalue weighted by Gasteiger charge is -2.08. The van der Waals surface area contributed by atoms with Crippen molar-refractivity contribution in [2.45, 2.75) is 37.8 Å². The van der Waals surface area contributed by atoms with Crippen molar-refractivity contribution in [1.82, 2.24) is 9.55 Å². The molecule has 2 aromatic heterocycles. The molecule has 2 heterocycles. The van der Waals surface area contributed by atoms with E-state index < -0.39 is 0 Å². The van der Waals surface area contributed by atoms with Crippen LogP contribution in [0, 0.1) is 0 Å². The fraction of sp³-hybridized carbons (Fsp3) is 0.381. The van der Waals surface area contributed by atoms with Crippen LogP contribution in [0.1, 0.15) is 40.6 Å². The number of nitrogens with one attached hydrogen (secondary N) is 1. The molecule has 0 bridgehead atoms. The molecule has 6 nitrogen and oxygen atoms in total. The first-order chi connectivity index (χ1) is 14.1. The number of carbonyl (C=O) groups is 2. The molecule has 0 spiro atoms. The lowest BCUT2D eigenvalue weighted by atomic mass is 10.1. The van der Waals surface area contributed by atoms with E-state index in [2.05, 4.69) is 10.3 Å². The van der Waals surface area contributed by atoms with Crippen molar-refractivity contribution in [3.8, 4) is 0 Å². The molecule has 3 aromatic rings. The highest BCUT2D eigenvalue weighted by Crippen LogP contribution is 2.39. The number of esters is 1. The van der Waals surface area contributed by atoms with E-state index in [-0.39, 0.29) is 11.9 Å². The molecule has 1 amide bonds. The topological polar surface area (TPSA) is 73.2 Å². The van der Waals surface area contributed by atoms with Gasteiger partial charge in [0.2, 0.25) is 5.91 Å². The predicted octanol–water partition coefficient (Wildman–Crippen LogP) is 4.42. The summed E-state index contributed by atoms with van der Waals surface area (Å²) in [6.45, 7) is 2.12. The Bertz CT molecular complexity index is 1070. The molecule has 4 rings (SSSR count). The smallest absolute Gasteiger partial charge is 0.341 e. The number of thioether (sulfide) groups is 1. The zero-order valence-electron chi connectivity index (χ0n) is 16.5. The first kappa shape index (κ1) is 20.0. The van der Waals surface area contributed by atoms with Gasteiger partial charge in [0, 0.05) is 24.1 Å². The van der Waals surface area contributed by atoms with E-state index in [1.54, 1.807) is 18.7 Å². The van der Waals surface area contributed by atoms with Crippen LogP contribution in [-0.4, -0.2) is 33.8 Å². The van der Waals surface area contributed by atoms with Crippen LogP contribution in [0.3, 0.4) is 0 Å². The predicted molar refractivity (Wildman–Crippen MR) is 117 cm³/mol. The van der Waals surface area contributed by atoms with Gasteiger partial charge in [-0.3, -0.25) is 4.79 Å². The maximum Gasteiger partial charge on any atom is 0.341 e. The Kier molecular flexibility index (Phi) is 5.91. The second-order valence-electron chi connectivity index (χ2n) is 6.87. The molecule has 0 aliphatic heterocycles. The van der Waals surface area contributed by atoms with Crippen molar-refractivity contribution >= 4 is 51.0 Å². The Morgan fingerprint density at radius 1 is 1.31 bits per heavy atom. The lowest BCUT2D eigenvalue weighted by molar-refractivity contribution is -0.115. The number of imidazole rings is 1. The van der Waals surface area contributed by atoms with Gasteiger partial charge in [0.05, 0.1) is 23.2 Å². The number of nitrogens with zero attached hydrogens (tertiary/aromatic N) is 2. The molecule has 0 saturated heterocycles. The van der Waals surface area contributed by atoms with E-state index in [1.807, 2.05) is 35.9 Å². The Labute approximate surface area is 177 Å². The summed E-state index contributed by atoms with van der Waals surface area (Å²) in [5, 5.41) is 4.47. The van der Waals surface area contributed by atoms with Crippen molar-refractivity contribution in [1.29, 1.82) is 0 Å². The normalized spacial score (nSPS) is 12.9. The van der Waals surface area contributed by atoms with Crippen LogP contribution in [0.2, 0.25) is 0 Å². The van der Waals surface area contributed by atoms with Crippen molar-refractivity contribution in [3.63, 3.8) is 0 Å². The number of amides is 1. The third kappa shape index (κ3) is 4.04. The van der Waals surface area contributed by atoms with Crippen molar-refractivity contribution in [2.75, 3.05) is 17.7 Å². The summed E-state index contributed by atoms with van der Waals surface area (Å²) in [7, 11) is 1.98. The van der Waals surface area contributed by atoms with E-state index >= 15 is 0 Å². The summed E-state index contributed by atoms with van der Waals surface area (Å²) in [5.74, 6) is 0.182. The number of anilines is 1. The Morgan fingerprint density at radius 3 is 2.93 bits per heavy atom. The number of aromatic nitrogens is 2. The molecule has 1 aromatic carbocycles. The minimum absolute atomic E-state index is 0.0956. The third-order valence-electron chi connectivity index (χ3n) is 4.96. The quantitative estimate of drug-likeness (QED) is 0.445. The fourth-order valence-corrected chi connectivity index (χ4v) is 5.81. The average Bonchev–Trinajstić information content (AvgIpc) is 3.36. The van der Waals surface area contributed by atoms with Gasteiger partial charge in [-0.05, 0) is 43.9 Å². The third-order valence-corrected chi connectivity index (χ3v) is 7.20. The van der Waals surface area contributed by atoms with Crippen LogP contribution in [-0.2, 0) is 29.4 Å². The molecular formula is C21H23N3O3S2. The second-order valence-corrected chi connectivity index (χ2v) is 9.04. The van der Waals surface area contributed by atoms with Gasteiger partial charge >= 0.3 is 5.97 Å². The average molecular weight is 430 g/mol. The summed E-state index contributed by atoms with van der Waals surface area (Å²) >= 11 is 3.07. The van der Waals surface area contributed by atoms with E-state index in [4.69, 9.17) is 4.74 Å². The van der Waals surface area contributed by atoms with Gasteiger partial charge in [-0.2, -0.15) is 0 Å². The molecular weight excluding hydrogens is 406 g/mol. The second kappa shape index (κ2) is 8.59. The number of aryl methyl sites for hydroxylation is 2. The summed E-state index contributed by atoms with van der Waals surface area (Å²) < 4.78 is 7.26. The van der Waals surface area contributed by atoms with Crippen LogP contribution in [0.5, 0.6) is 0 Å². The highest BCUT2D eigenvalue weighted by molar-refractivity contribution is 7.99. The zero-order chi connectivity index (χ0) is 20.4. The van der Waals surface area contributed by atoms with Crippen LogP contribution < -0.4 is 5.32 Å². The first-order valence-corrected chi connectivity index (χ1v) is 11.5. The van der Waals surface area contributed by atoms with E-state index in [1.165, 1.54) is 16.2 Å². The number of fused-ring (bicyclic) bond motifs is 2. The van der Waals surface area contributed by atoms with Gasteiger partial charge in [-0.15, -0.1) is 11.3 Å². The molecule has 0 saturated carbocycles. The number of ether oxygens (including phenoxy) is 1. The van der Waals surface area contributed by atoms with Crippen LogP contribution >= 0.6 is 23.1 Å². The Morgan fingerprint density at radius 2 is 2.14 bits per heavy atom. The molecule has 1 N–H and O–H groups in total. The number of hydrogen-bond donors (Lipinski definition) is 1. The fourth-order valence-electron chi connectivity index (χ4n) is 3.59. The van der Waals surface area contributed by atoms with Crippen molar-refractivity contribution in [3.05, 3.63) is 40.3 Å². The molecule has 8 heteroatoms. The Balaban J connectivity index is 1.40. The van der Waals surface area contributed by atoms with Gasteiger partial charge in [0.1, 0.15) is 5.00 Å². The largest absolute Gasteiger partial charge is 0.462 e. The standard InChI is InChI=1S/C21H23N3O3S2/c1-3-27-20(26)18-13-7-6-10-16(13)29-19(18)23-17(25)11-12-28-21-22-14-8-4-5-9-15(14)24(21)2/h4-5,8-9H,3,6-7,10-12H2,1-2H3,(H,23,25). The maximum absolute atomic E-state index is 12.5. The monoisotopic (exact) mass is 429 g/mol. The molecule has 29 heavy (non-hydrogen) atoms. The number of para-hydroxylation sites is 2. The minimum Gasteiger partial charge on any atom is -0.462 e. The highest BCUT2D eigenvalue weighted by atomic mass is 32.2. The molecule has 0 radical (unpaired) electrons. The van der Waals surface area contributed by atoms with Crippen molar-refractivity contribution in [2.24, 2.45) is 7.05 Å². The molecule has 152 valence electrons. The number of thiophene rings is 1. The van der Waals surface area contributed by atoms with Crippen LogP contribution in [0.4, 0.5) is 5.00 Å². The number of benzene rings is 1. The number of rotatable bonds is 7. The van der Waals surface area contributed by atoms with Crippen LogP contribution in [0.25, 0.3) is 11.0 Å². The summed E-state index contributed by atoms with van der Waals surface area (Å²) in [6.07, 6.45) is 3.23. The van der Waals surface area contributed by atoms with Gasteiger partial charge in [-0.25, -0.2) is 9.78 Å². The molecule has 0 unspecified atom stereocenters. The Hall–Kier alpha value is -2.32. The summed E-state index contributed by atoms with van der Waals surface area (Å²) in [4.78, 5) is 30.7. The first-order valence-electron chi connectivity index (χ1n) is 9.74. The summed E-state index contributed by atoms with van der Waals surface area (Å²) in [6, 6.07) is 7.98. The maximum atomic E-state index is 12.5. The SMILES string of the molecule is CCOC(=O)c1c(NC(=O)CCSc2nc3ccccc3n2C)sc2c1CCC2. The van der Waals surface area contributed by atoms with Gasteiger partial charge in [-0.1, -0.05) is 23.9 Å². The lowest BCUT2D eigenvalue weighted by Crippen LogP contribution is -2.15. The van der Waals surface area contributed by atoms with Gasteiger partial charge in [0.25, 0.3) is 0 Å². The zero-order valence-corrected chi connectivity index (χ0v) is 18.1. The molecule has 1 aliphatic carbocycles. The van der Waals surface area contributed by atoms with Crippen LogP contribution in [0.15, 0.2) is 29.4 Å². The van der Waals surface area contributed by atoms with Gasteiger partial charge in [0.15, 0.2) is 5.16 Å². The number of carbonyl (C=O) groups excluding carboxylic acids is 2. The molecule has 0 fully saturated rings. The highest BCUT2D eigenvalue weighted by Gasteiger charge is 2.28.